The number of hydrogen-bond acceptors (Lipinski definition) is 5. The topological polar surface area (TPSA) is 54.0 Å². The van der Waals surface area contributed by atoms with E-state index in [4.69, 9.17) is 19.2 Å². The van der Waals surface area contributed by atoms with Gasteiger partial charge in [0.2, 0.25) is 0 Å². The number of benzene rings is 2. The lowest BCUT2D eigenvalue weighted by atomic mass is 10.2. The molecule has 0 unspecified atom stereocenters. The molecule has 0 radical (unpaired) electrons. The van der Waals surface area contributed by atoms with Crippen molar-refractivity contribution in [1.29, 1.82) is 0 Å². The first-order valence-corrected chi connectivity index (χ1v) is 8.49. The van der Waals surface area contributed by atoms with Crippen LogP contribution in [-0.2, 0) is 14.6 Å². The zero-order valence-corrected chi connectivity index (χ0v) is 14.4. The van der Waals surface area contributed by atoms with Gasteiger partial charge in [0.25, 0.3) is 0 Å². The van der Waals surface area contributed by atoms with Gasteiger partial charge < -0.3 is 9.47 Å². The van der Waals surface area contributed by atoms with Crippen molar-refractivity contribution >= 4 is 5.97 Å². The van der Waals surface area contributed by atoms with E-state index >= 15 is 0 Å². The molecule has 0 saturated heterocycles. The van der Waals surface area contributed by atoms with Gasteiger partial charge in [-0.05, 0) is 24.3 Å². The molecule has 0 atom stereocenters. The summed E-state index contributed by atoms with van der Waals surface area (Å²) in [7, 11) is 0. The van der Waals surface area contributed by atoms with E-state index in [-0.39, 0.29) is 12.5 Å². The summed E-state index contributed by atoms with van der Waals surface area (Å²) in [6.07, 6.45) is 1.16. The van der Waals surface area contributed by atoms with Crippen molar-refractivity contribution in [2.45, 2.75) is 32.3 Å². The van der Waals surface area contributed by atoms with Crippen LogP contribution in [0, 0.1) is 0 Å². The van der Waals surface area contributed by atoms with Crippen LogP contribution in [-0.4, -0.2) is 25.3 Å². The summed E-state index contributed by atoms with van der Waals surface area (Å²) in [6, 6.07) is 19.1. The summed E-state index contributed by atoms with van der Waals surface area (Å²) < 4.78 is 11.3. The number of carbonyl (C=O) groups is 1. The normalized spacial score (nSPS) is 10.5. The second kappa shape index (κ2) is 11.1. The molecule has 2 rings (SSSR count). The zero-order valence-electron chi connectivity index (χ0n) is 14.4. The molecule has 0 N–H and O–H groups in total. The lowest BCUT2D eigenvalue weighted by molar-refractivity contribution is -0.300. The van der Waals surface area contributed by atoms with E-state index in [1.165, 1.54) is 0 Å². The summed E-state index contributed by atoms with van der Waals surface area (Å²) in [5.41, 5.74) is 0. The third-order valence-electron chi connectivity index (χ3n) is 3.47. The van der Waals surface area contributed by atoms with Gasteiger partial charge in [-0.2, -0.15) is 4.89 Å². The number of hydrogen-bond donors (Lipinski definition) is 0. The molecule has 0 spiro atoms. The lowest BCUT2D eigenvalue weighted by Crippen LogP contribution is -2.21. The van der Waals surface area contributed by atoms with Crippen molar-refractivity contribution < 1.29 is 24.0 Å². The maximum atomic E-state index is 11.3. The standard InChI is InChI=1S/C20H24O5/c1-2-20(21)25-24-19(13-15-22-17-9-5-3-6-10-17)14-16-23-18-11-7-4-8-12-18/h3-12,19H,2,13-16H2,1H3. The van der Waals surface area contributed by atoms with E-state index in [1.807, 2.05) is 60.7 Å². The Morgan fingerprint density at radius 1 is 0.840 bits per heavy atom. The Balaban J connectivity index is 1.76. The Hall–Kier alpha value is -2.53. The highest BCUT2D eigenvalue weighted by atomic mass is 17.2. The van der Waals surface area contributed by atoms with Crippen LogP contribution in [0.1, 0.15) is 26.2 Å². The smallest absolute Gasteiger partial charge is 0.342 e. The maximum absolute atomic E-state index is 11.3. The Morgan fingerprint density at radius 2 is 1.32 bits per heavy atom. The van der Waals surface area contributed by atoms with Crippen molar-refractivity contribution in [1.82, 2.24) is 0 Å². The van der Waals surface area contributed by atoms with E-state index in [9.17, 15) is 4.79 Å². The van der Waals surface area contributed by atoms with Crippen LogP contribution < -0.4 is 9.47 Å². The molecule has 5 heteroatoms. The Kier molecular flexibility index (Phi) is 8.35. The molecule has 0 saturated carbocycles. The first kappa shape index (κ1) is 18.8. The number of rotatable bonds is 11. The molecule has 0 amide bonds. The van der Waals surface area contributed by atoms with Crippen molar-refractivity contribution in [3.63, 3.8) is 0 Å². The summed E-state index contributed by atoms with van der Waals surface area (Å²) in [5.74, 6) is 1.21. The van der Waals surface area contributed by atoms with E-state index in [0.29, 0.717) is 26.1 Å². The first-order valence-electron chi connectivity index (χ1n) is 8.49. The van der Waals surface area contributed by atoms with Crippen LogP contribution in [0.4, 0.5) is 0 Å². The molecule has 0 aromatic heterocycles. The highest BCUT2D eigenvalue weighted by molar-refractivity contribution is 5.68. The van der Waals surface area contributed by atoms with Crippen molar-refractivity contribution in [2.24, 2.45) is 0 Å². The Bertz CT molecular complexity index is 554. The Morgan fingerprint density at radius 3 is 1.76 bits per heavy atom. The number of para-hydroxylation sites is 2. The molecule has 0 aliphatic rings. The molecule has 0 heterocycles. The molecular weight excluding hydrogens is 320 g/mol. The average Bonchev–Trinajstić information content (AvgIpc) is 2.67. The predicted molar refractivity (Wildman–Crippen MR) is 94.4 cm³/mol. The third kappa shape index (κ3) is 7.72. The quantitative estimate of drug-likeness (QED) is 0.452. The third-order valence-corrected chi connectivity index (χ3v) is 3.47. The van der Waals surface area contributed by atoms with Gasteiger partial charge in [-0.15, -0.1) is 0 Å². The van der Waals surface area contributed by atoms with Crippen LogP contribution in [0.5, 0.6) is 11.5 Å². The monoisotopic (exact) mass is 344 g/mol. The molecule has 25 heavy (non-hydrogen) atoms. The van der Waals surface area contributed by atoms with Gasteiger partial charge in [0.1, 0.15) is 17.6 Å². The second-order valence-corrected chi connectivity index (χ2v) is 5.43. The molecule has 2 aromatic rings. The van der Waals surface area contributed by atoms with Crippen LogP contribution in [0.15, 0.2) is 60.7 Å². The van der Waals surface area contributed by atoms with Crippen molar-refractivity contribution in [3.05, 3.63) is 60.7 Å². The molecule has 0 bridgehead atoms. The first-order chi connectivity index (χ1) is 12.3. The van der Waals surface area contributed by atoms with Crippen molar-refractivity contribution in [3.8, 4) is 11.5 Å². The van der Waals surface area contributed by atoms with Gasteiger partial charge in [0.05, 0.1) is 13.2 Å². The van der Waals surface area contributed by atoms with Gasteiger partial charge in [0, 0.05) is 19.3 Å². The summed E-state index contributed by atoms with van der Waals surface area (Å²) in [5, 5.41) is 0. The highest BCUT2D eigenvalue weighted by Gasteiger charge is 2.14. The summed E-state index contributed by atoms with van der Waals surface area (Å²) in [6.45, 7) is 2.64. The lowest BCUT2D eigenvalue weighted by Gasteiger charge is -2.17. The van der Waals surface area contributed by atoms with E-state index in [0.717, 1.165) is 11.5 Å². The van der Waals surface area contributed by atoms with Gasteiger partial charge in [0.15, 0.2) is 0 Å². The second-order valence-electron chi connectivity index (χ2n) is 5.43. The minimum absolute atomic E-state index is 0.272. The van der Waals surface area contributed by atoms with Gasteiger partial charge in [-0.25, -0.2) is 4.79 Å². The maximum Gasteiger partial charge on any atom is 0.342 e. The van der Waals surface area contributed by atoms with Crippen LogP contribution in [0.3, 0.4) is 0 Å². The minimum Gasteiger partial charge on any atom is -0.493 e. The fourth-order valence-electron chi connectivity index (χ4n) is 2.07. The van der Waals surface area contributed by atoms with Gasteiger partial charge in [-0.3, -0.25) is 4.89 Å². The zero-order chi connectivity index (χ0) is 17.7. The number of carbonyl (C=O) groups excluding carboxylic acids is 1. The van der Waals surface area contributed by atoms with E-state index in [1.54, 1.807) is 6.92 Å². The van der Waals surface area contributed by atoms with Crippen LogP contribution in [0.2, 0.25) is 0 Å². The van der Waals surface area contributed by atoms with E-state index < -0.39 is 5.97 Å². The molecule has 2 aromatic carbocycles. The number of ether oxygens (including phenoxy) is 2. The Labute approximate surface area is 148 Å². The SMILES string of the molecule is CCC(=O)OOC(CCOc1ccccc1)CCOc1ccccc1. The minimum atomic E-state index is -0.391. The fraction of sp³-hybridized carbons (Fsp3) is 0.350. The van der Waals surface area contributed by atoms with Crippen LogP contribution >= 0.6 is 0 Å². The largest absolute Gasteiger partial charge is 0.493 e. The average molecular weight is 344 g/mol. The van der Waals surface area contributed by atoms with Gasteiger partial charge in [-0.1, -0.05) is 43.3 Å². The molecule has 0 aliphatic heterocycles. The molecule has 0 fully saturated rings. The molecular formula is C20H24O5. The summed E-state index contributed by atoms with van der Waals surface area (Å²) >= 11 is 0. The van der Waals surface area contributed by atoms with Crippen LogP contribution in [0.25, 0.3) is 0 Å². The van der Waals surface area contributed by atoms with E-state index in [2.05, 4.69) is 0 Å². The molecule has 134 valence electrons. The van der Waals surface area contributed by atoms with Gasteiger partial charge >= 0.3 is 5.97 Å². The molecule has 5 nitrogen and oxygen atoms in total. The highest BCUT2D eigenvalue weighted by Crippen LogP contribution is 2.13. The fourth-order valence-corrected chi connectivity index (χ4v) is 2.07. The molecule has 0 aliphatic carbocycles. The predicted octanol–water partition coefficient (Wildman–Crippen LogP) is 4.18. The van der Waals surface area contributed by atoms with Crippen molar-refractivity contribution in [2.75, 3.05) is 13.2 Å². The summed E-state index contributed by atoms with van der Waals surface area (Å²) in [4.78, 5) is 21.4.